The minimum atomic E-state index is 0.0687. The molecular formula is C18H22O3. The van der Waals surface area contributed by atoms with Crippen LogP contribution in [0.3, 0.4) is 0 Å². The summed E-state index contributed by atoms with van der Waals surface area (Å²) in [5.41, 5.74) is 0.714. The summed E-state index contributed by atoms with van der Waals surface area (Å²) in [5, 5.41) is 1.99. The molecule has 0 aliphatic heterocycles. The number of Topliss-reactive ketones (excluding diaryl/α,β-unsaturated/α-hetero) is 1. The zero-order valence-corrected chi connectivity index (χ0v) is 12.9. The van der Waals surface area contributed by atoms with Crippen LogP contribution in [0.5, 0.6) is 11.5 Å². The number of hydrogen-bond acceptors (Lipinski definition) is 3. The molecular weight excluding hydrogens is 264 g/mol. The van der Waals surface area contributed by atoms with E-state index in [1.54, 1.807) is 6.92 Å². The van der Waals surface area contributed by atoms with Crippen LogP contribution in [0.25, 0.3) is 10.8 Å². The second-order valence-electron chi connectivity index (χ2n) is 5.08. The lowest BCUT2D eigenvalue weighted by Gasteiger charge is -2.15. The van der Waals surface area contributed by atoms with Gasteiger partial charge in [0, 0.05) is 10.9 Å². The fourth-order valence-corrected chi connectivity index (χ4v) is 2.18. The van der Waals surface area contributed by atoms with Crippen LogP contribution in [0.2, 0.25) is 0 Å². The van der Waals surface area contributed by atoms with Crippen LogP contribution in [0, 0.1) is 0 Å². The zero-order chi connectivity index (χ0) is 15.2. The number of rotatable bonds is 7. The normalized spacial score (nSPS) is 10.6. The van der Waals surface area contributed by atoms with E-state index in [0.717, 1.165) is 35.1 Å². The first-order valence-electron chi connectivity index (χ1n) is 7.50. The molecule has 0 fully saturated rings. The molecule has 0 saturated carbocycles. The summed E-state index contributed by atoms with van der Waals surface area (Å²) in [6, 6.07) is 9.58. The molecule has 0 atom stereocenters. The summed E-state index contributed by atoms with van der Waals surface area (Å²) in [6.45, 7) is 7.04. The summed E-state index contributed by atoms with van der Waals surface area (Å²) in [6.07, 6.45) is 1.89. The van der Waals surface area contributed by atoms with Gasteiger partial charge >= 0.3 is 0 Å². The van der Waals surface area contributed by atoms with Gasteiger partial charge in [-0.15, -0.1) is 0 Å². The Labute approximate surface area is 125 Å². The van der Waals surface area contributed by atoms with Crippen LogP contribution in [-0.2, 0) is 0 Å². The Bertz CT molecular complexity index is 632. The average molecular weight is 286 g/mol. The van der Waals surface area contributed by atoms with E-state index in [1.165, 1.54) is 0 Å². The summed E-state index contributed by atoms with van der Waals surface area (Å²) >= 11 is 0. The second-order valence-corrected chi connectivity index (χ2v) is 5.08. The molecule has 3 heteroatoms. The fraction of sp³-hybridized carbons (Fsp3) is 0.389. The highest BCUT2D eigenvalue weighted by molar-refractivity contribution is 6.00. The number of ketones is 1. The first-order valence-corrected chi connectivity index (χ1v) is 7.50. The molecule has 21 heavy (non-hydrogen) atoms. The van der Waals surface area contributed by atoms with Gasteiger partial charge in [-0.25, -0.2) is 0 Å². The molecule has 0 N–H and O–H groups in total. The van der Waals surface area contributed by atoms with E-state index in [9.17, 15) is 4.79 Å². The van der Waals surface area contributed by atoms with Gasteiger partial charge in [-0.1, -0.05) is 26.0 Å². The summed E-state index contributed by atoms with van der Waals surface area (Å²) in [5.74, 6) is 1.62. The Hall–Kier alpha value is -2.03. The average Bonchev–Trinajstić information content (AvgIpc) is 2.50. The maximum absolute atomic E-state index is 11.5. The molecule has 112 valence electrons. The molecule has 0 aliphatic rings. The third-order valence-electron chi connectivity index (χ3n) is 3.25. The summed E-state index contributed by atoms with van der Waals surface area (Å²) in [4.78, 5) is 11.5. The summed E-state index contributed by atoms with van der Waals surface area (Å²) in [7, 11) is 0. The van der Waals surface area contributed by atoms with E-state index in [2.05, 4.69) is 13.8 Å². The van der Waals surface area contributed by atoms with Gasteiger partial charge in [0.15, 0.2) is 17.3 Å². The van der Waals surface area contributed by atoms with Crippen LogP contribution in [0.1, 0.15) is 44.0 Å². The van der Waals surface area contributed by atoms with Gasteiger partial charge in [0.25, 0.3) is 0 Å². The second kappa shape index (κ2) is 7.11. The Morgan fingerprint density at radius 3 is 2.38 bits per heavy atom. The maximum Gasteiger partial charge on any atom is 0.168 e. The number of benzene rings is 2. The number of hydrogen-bond donors (Lipinski definition) is 0. The quantitative estimate of drug-likeness (QED) is 0.697. The van der Waals surface area contributed by atoms with Gasteiger partial charge in [0.05, 0.1) is 13.2 Å². The lowest BCUT2D eigenvalue weighted by Crippen LogP contribution is -2.02. The lowest BCUT2D eigenvalue weighted by atomic mass is 10.0. The molecule has 2 rings (SSSR count). The fourth-order valence-electron chi connectivity index (χ4n) is 2.18. The van der Waals surface area contributed by atoms with Gasteiger partial charge in [-0.2, -0.15) is 0 Å². The Morgan fingerprint density at radius 2 is 1.71 bits per heavy atom. The highest BCUT2D eigenvalue weighted by Crippen LogP contribution is 2.36. The molecule has 0 aromatic heterocycles. The molecule has 0 saturated heterocycles. The third kappa shape index (κ3) is 3.54. The van der Waals surface area contributed by atoms with Gasteiger partial charge in [0.2, 0.25) is 0 Å². The van der Waals surface area contributed by atoms with Crippen molar-refractivity contribution in [3.05, 3.63) is 35.9 Å². The molecule has 2 aromatic rings. The highest BCUT2D eigenvalue weighted by atomic mass is 16.5. The Morgan fingerprint density at radius 1 is 1.00 bits per heavy atom. The molecule has 0 radical (unpaired) electrons. The van der Waals surface area contributed by atoms with Crippen molar-refractivity contribution in [1.82, 2.24) is 0 Å². The van der Waals surface area contributed by atoms with Crippen molar-refractivity contribution in [1.29, 1.82) is 0 Å². The Balaban J connectivity index is 2.49. The third-order valence-corrected chi connectivity index (χ3v) is 3.25. The molecule has 0 heterocycles. The van der Waals surface area contributed by atoms with E-state index in [0.29, 0.717) is 18.8 Å². The number of fused-ring (bicyclic) bond motifs is 1. The van der Waals surface area contributed by atoms with Gasteiger partial charge in [-0.05, 0) is 43.4 Å². The van der Waals surface area contributed by atoms with Crippen LogP contribution in [0.4, 0.5) is 0 Å². The smallest absolute Gasteiger partial charge is 0.168 e. The van der Waals surface area contributed by atoms with E-state index in [-0.39, 0.29) is 5.78 Å². The maximum atomic E-state index is 11.5. The Kier molecular flexibility index (Phi) is 5.20. The number of ether oxygens (including phenoxy) is 2. The predicted octanol–water partition coefficient (Wildman–Crippen LogP) is 4.62. The zero-order valence-electron chi connectivity index (χ0n) is 12.9. The highest BCUT2D eigenvalue weighted by Gasteiger charge is 2.11. The van der Waals surface area contributed by atoms with Crippen LogP contribution < -0.4 is 9.47 Å². The predicted molar refractivity (Wildman–Crippen MR) is 85.5 cm³/mol. The van der Waals surface area contributed by atoms with Crippen molar-refractivity contribution < 1.29 is 14.3 Å². The minimum absolute atomic E-state index is 0.0687. The van der Waals surface area contributed by atoms with E-state index in [4.69, 9.17) is 9.47 Å². The van der Waals surface area contributed by atoms with Crippen molar-refractivity contribution >= 4 is 16.6 Å². The van der Waals surface area contributed by atoms with Crippen molar-refractivity contribution in [2.24, 2.45) is 0 Å². The van der Waals surface area contributed by atoms with E-state index in [1.807, 2.05) is 30.3 Å². The minimum Gasteiger partial charge on any atom is -0.490 e. The molecule has 3 nitrogen and oxygen atoms in total. The summed E-state index contributed by atoms with van der Waals surface area (Å²) < 4.78 is 11.7. The van der Waals surface area contributed by atoms with Gasteiger partial charge in [-0.3, -0.25) is 4.79 Å². The van der Waals surface area contributed by atoms with Crippen molar-refractivity contribution in [3.8, 4) is 11.5 Å². The number of carbonyl (C=O) groups excluding carboxylic acids is 1. The topological polar surface area (TPSA) is 35.5 Å². The van der Waals surface area contributed by atoms with Crippen LogP contribution in [-0.4, -0.2) is 19.0 Å². The first-order chi connectivity index (χ1) is 10.2. The van der Waals surface area contributed by atoms with E-state index < -0.39 is 0 Å². The largest absolute Gasteiger partial charge is 0.490 e. The van der Waals surface area contributed by atoms with Gasteiger partial charge < -0.3 is 9.47 Å². The molecule has 0 spiro atoms. The van der Waals surface area contributed by atoms with Crippen molar-refractivity contribution in [3.63, 3.8) is 0 Å². The molecule has 0 unspecified atom stereocenters. The monoisotopic (exact) mass is 286 g/mol. The lowest BCUT2D eigenvalue weighted by molar-refractivity contribution is 0.101. The van der Waals surface area contributed by atoms with Gasteiger partial charge in [0.1, 0.15) is 0 Å². The van der Waals surface area contributed by atoms with Crippen molar-refractivity contribution in [2.45, 2.75) is 33.6 Å². The number of carbonyl (C=O) groups is 1. The van der Waals surface area contributed by atoms with Crippen molar-refractivity contribution in [2.75, 3.05) is 13.2 Å². The van der Waals surface area contributed by atoms with Crippen LogP contribution in [0.15, 0.2) is 30.3 Å². The first kappa shape index (κ1) is 15.4. The molecule has 0 aliphatic carbocycles. The molecule has 0 bridgehead atoms. The molecule has 2 aromatic carbocycles. The molecule has 0 amide bonds. The SMILES string of the molecule is CCCOc1ccc2cc(C(C)=O)ccc2c1OCCC. The van der Waals surface area contributed by atoms with E-state index >= 15 is 0 Å². The van der Waals surface area contributed by atoms with Crippen LogP contribution >= 0.6 is 0 Å². The standard InChI is InChI=1S/C18H22O3/c1-4-10-20-17-9-7-15-12-14(13(3)19)6-8-16(15)18(17)21-11-5-2/h6-9,12H,4-5,10-11H2,1-3H3.